The predicted octanol–water partition coefficient (Wildman–Crippen LogP) is 3.34. The molecule has 5 heteroatoms. The van der Waals surface area contributed by atoms with Crippen molar-refractivity contribution in [2.75, 3.05) is 20.2 Å². The van der Waals surface area contributed by atoms with Crippen LogP contribution >= 0.6 is 0 Å². The monoisotopic (exact) mass is 368 g/mol. The molecule has 0 aliphatic carbocycles. The van der Waals surface area contributed by atoms with Crippen molar-refractivity contribution in [3.8, 4) is 0 Å². The predicted molar refractivity (Wildman–Crippen MR) is 103 cm³/mol. The number of hydrogen-bond donors (Lipinski definition) is 1. The number of ether oxygens (including phenoxy) is 1. The van der Waals surface area contributed by atoms with Gasteiger partial charge in [0, 0.05) is 24.0 Å². The van der Waals surface area contributed by atoms with E-state index < -0.39 is 5.72 Å². The van der Waals surface area contributed by atoms with Gasteiger partial charge in [0.1, 0.15) is 0 Å². The fourth-order valence-electron chi connectivity index (χ4n) is 6.34. The number of carbonyl (C=O) groups is 1. The minimum Gasteiger partial charge on any atom is -0.469 e. The summed E-state index contributed by atoms with van der Waals surface area (Å²) in [6.07, 6.45) is 4.90. The van der Waals surface area contributed by atoms with Gasteiger partial charge in [0.25, 0.3) is 0 Å². The van der Waals surface area contributed by atoms with E-state index in [0.717, 1.165) is 44.3 Å². The van der Waals surface area contributed by atoms with E-state index in [1.807, 2.05) is 6.07 Å². The van der Waals surface area contributed by atoms with Gasteiger partial charge in [0.05, 0.1) is 25.1 Å². The Bertz CT molecular complexity index is 920. The molecule has 5 rings (SSSR count). The zero-order chi connectivity index (χ0) is 18.8. The lowest BCUT2D eigenvalue weighted by atomic mass is 9.62. The highest BCUT2D eigenvalue weighted by Gasteiger charge is 2.57. The molecule has 27 heavy (non-hydrogen) atoms. The summed E-state index contributed by atoms with van der Waals surface area (Å²) >= 11 is 0. The number of carbonyl (C=O) groups excluding carboxylic acids is 1. The number of rotatable bonds is 3. The Balaban J connectivity index is 1.83. The maximum Gasteiger partial charge on any atom is 0.310 e. The molecule has 1 N–H and O–H groups in total. The van der Waals surface area contributed by atoms with Gasteiger partial charge < -0.3 is 14.4 Å². The van der Waals surface area contributed by atoms with Crippen molar-refractivity contribution in [2.45, 2.75) is 57.2 Å². The number of aliphatic hydroxyl groups is 1. The number of para-hydroxylation sites is 1. The molecule has 1 saturated heterocycles. The molecule has 4 heterocycles. The van der Waals surface area contributed by atoms with Gasteiger partial charge in [-0.25, -0.2) is 0 Å². The van der Waals surface area contributed by atoms with Crippen LogP contribution in [0.1, 0.15) is 56.3 Å². The Morgan fingerprint density at radius 1 is 1.33 bits per heavy atom. The number of fused-ring (bicyclic) bond motifs is 3. The molecule has 3 aliphatic heterocycles. The topological polar surface area (TPSA) is 54.7 Å². The van der Waals surface area contributed by atoms with Crippen molar-refractivity contribution in [1.29, 1.82) is 0 Å². The summed E-state index contributed by atoms with van der Waals surface area (Å²) in [4.78, 5) is 14.9. The first-order valence-electron chi connectivity index (χ1n) is 10.2. The quantitative estimate of drug-likeness (QED) is 0.845. The first-order chi connectivity index (χ1) is 13.0. The molecule has 3 atom stereocenters. The molecular weight excluding hydrogens is 340 g/mol. The lowest BCUT2D eigenvalue weighted by Gasteiger charge is -2.58. The maximum atomic E-state index is 12.3. The van der Waals surface area contributed by atoms with Gasteiger partial charge in [0.15, 0.2) is 5.72 Å². The van der Waals surface area contributed by atoms with E-state index in [2.05, 4.69) is 34.6 Å². The Morgan fingerprint density at radius 3 is 2.93 bits per heavy atom. The average Bonchev–Trinajstić information content (AvgIpc) is 3.03. The summed E-state index contributed by atoms with van der Waals surface area (Å²) in [5.41, 5.74) is 2.45. The molecule has 144 valence electrons. The van der Waals surface area contributed by atoms with Crippen LogP contribution < -0.4 is 0 Å². The number of aromatic nitrogens is 1. The second-order valence-corrected chi connectivity index (χ2v) is 8.64. The van der Waals surface area contributed by atoms with Gasteiger partial charge in [-0.2, -0.15) is 0 Å². The third-order valence-electron chi connectivity index (χ3n) is 7.40. The van der Waals surface area contributed by atoms with Gasteiger partial charge in [-0.1, -0.05) is 25.1 Å². The molecule has 1 aromatic carbocycles. The summed E-state index contributed by atoms with van der Waals surface area (Å²) in [6.45, 7) is 4.46. The highest BCUT2D eigenvalue weighted by Crippen LogP contribution is 2.61. The zero-order valence-corrected chi connectivity index (χ0v) is 16.2. The minimum absolute atomic E-state index is 0.00306. The Morgan fingerprint density at radius 2 is 2.15 bits per heavy atom. The third-order valence-corrected chi connectivity index (χ3v) is 7.40. The number of esters is 1. The number of methoxy groups -OCH3 is 1. The van der Waals surface area contributed by atoms with Crippen LogP contribution in [-0.2, 0) is 21.7 Å². The number of piperidine rings is 1. The molecule has 2 aromatic rings. The van der Waals surface area contributed by atoms with Crippen LogP contribution in [0, 0.1) is 5.41 Å². The van der Waals surface area contributed by atoms with Gasteiger partial charge in [-0.15, -0.1) is 0 Å². The van der Waals surface area contributed by atoms with Crippen molar-refractivity contribution in [3.05, 3.63) is 35.5 Å². The smallest absolute Gasteiger partial charge is 0.310 e. The number of nitrogens with zero attached hydrogens (tertiary/aromatic N) is 2. The van der Waals surface area contributed by atoms with Crippen LogP contribution in [0.5, 0.6) is 0 Å². The first kappa shape index (κ1) is 17.3. The van der Waals surface area contributed by atoms with E-state index >= 15 is 0 Å². The van der Waals surface area contributed by atoms with Crippen molar-refractivity contribution in [1.82, 2.24) is 9.47 Å². The van der Waals surface area contributed by atoms with Gasteiger partial charge in [-0.05, 0) is 49.3 Å². The highest BCUT2D eigenvalue weighted by atomic mass is 16.5. The highest BCUT2D eigenvalue weighted by molar-refractivity contribution is 5.87. The number of hydrogen-bond acceptors (Lipinski definition) is 4. The van der Waals surface area contributed by atoms with E-state index in [9.17, 15) is 9.90 Å². The third kappa shape index (κ3) is 2.21. The standard InChI is InChI=1S/C22H28N2O3/c1-3-21-10-6-11-23-12-9-16-15-7-4-5-8-17(15)24(19(16)20(21)23)22(26,14-21)13-18(25)27-2/h4-5,7-8,20,26H,3,6,9-14H2,1-2H3. The SMILES string of the molecule is CCC12CCCN3CCc4c(n(c5ccccc45)C(O)(CC(=O)OC)C1)C32. The van der Waals surface area contributed by atoms with Crippen LogP contribution in [0.15, 0.2) is 24.3 Å². The largest absolute Gasteiger partial charge is 0.469 e. The normalized spacial score (nSPS) is 32.3. The van der Waals surface area contributed by atoms with Crippen LogP contribution in [-0.4, -0.2) is 40.7 Å². The molecule has 1 aromatic heterocycles. The van der Waals surface area contributed by atoms with Gasteiger partial charge >= 0.3 is 5.97 Å². The van der Waals surface area contributed by atoms with E-state index in [1.165, 1.54) is 23.8 Å². The summed E-state index contributed by atoms with van der Waals surface area (Å²) in [7, 11) is 1.40. The summed E-state index contributed by atoms with van der Waals surface area (Å²) in [6, 6.07) is 8.69. The minimum atomic E-state index is -1.23. The second-order valence-electron chi connectivity index (χ2n) is 8.64. The van der Waals surface area contributed by atoms with Gasteiger partial charge in [0.2, 0.25) is 0 Å². The van der Waals surface area contributed by atoms with Gasteiger partial charge in [-0.3, -0.25) is 9.69 Å². The average molecular weight is 368 g/mol. The maximum absolute atomic E-state index is 12.3. The molecule has 0 bridgehead atoms. The van der Waals surface area contributed by atoms with Crippen molar-refractivity contribution in [3.63, 3.8) is 0 Å². The fourth-order valence-corrected chi connectivity index (χ4v) is 6.34. The van der Waals surface area contributed by atoms with Crippen LogP contribution in [0.2, 0.25) is 0 Å². The molecule has 0 radical (unpaired) electrons. The lowest BCUT2D eigenvalue weighted by molar-refractivity contribution is -0.170. The Labute approximate surface area is 159 Å². The summed E-state index contributed by atoms with van der Waals surface area (Å²) in [5.74, 6) is -0.350. The van der Waals surface area contributed by atoms with E-state index in [-0.39, 0.29) is 17.8 Å². The van der Waals surface area contributed by atoms with E-state index in [4.69, 9.17) is 4.74 Å². The second kappa shape index (κ2) is 5.82. The Kier molecular flexibility index (Phi) is 3.72. The van der Waals surface area contributed by atoms with Crippen molar-refractivity contribution < 1.29 is 14.6 Å². The molecule has 0 saturated carbocycles. The van der Waals surface area contributed by atoms with Crippen LogP contribution in [0.3, 0.4) is 0 Å². The fraction of sp³-hybridized carbons (Fsp3) is 0.591. The lowest BCUT2D eigenvalue weighted by Crippen LogP contribution is -2.58. The van der Waals surface area contributed by atoms with E-state index in [1.54, 1.807) is 0 Å². The molecule has 0 amide bonds. The van der Waals surface area contributed by atoms with Crippen molar-refractivity contribution in [2.24, 2.45) is 5.41 Å². The number of benzene rings is 1. The van der Waals surface area contributed by atoms with E-state index in [0.29, 0.717) is 12.5 Å². The molecule has 5 nitrogen and oxygen atoms in total. The first-order valence-corrected chi connectivity index (χ1v) is 10.2. The van der Waals surface area contributed by atoms with Crippen LogP contribution in [0.25, 0.3) is 10.9 Å². The van der Waals surface area contributed by atoms with Crippen molar-refractivity contribution >= 4 is 16.9 Å². The molecule has 0 spiro atoms. The summed E-state index contributed by atoms with van der Waals surface area (Å²) < 4.78 is 7.07. The molecular formula is C22H28N2O3. The summed E-state index contributed by atoms with van der Waals surface area (Å²) in [5, 5.41) is 13.2. The van der Waals surface area contributed by atoms with Crippen LogP contribution in [0.4, 0.5) is 0 Å². The Hall–Kier alpha value is -1.85. The molecule has 1 fully saturated rings. The molecule has 3 unspecified atom stereocenters. The molecule has 3 aliphatic rings. The zero-order valence-electron chi connectivity index (χ0n) is 16.2.